The van der Waals surface area contributed by atoms with Gasteiger partial charge in [0.2, 0.25) is 5.88 Å². The van der Waals surface area contributed by atoms with Crippen LogP contribution in [0.15, 0.2) is 40.9 Å². The van der Waals surface area contributed by atoms with Crippen LogP contribution in [-0.4, -0.2) is 55.5 Å². The maximum absolute atomic E-state index is 5.72. The molecule has 2 aliphatic rings. The summed E-state index contributed by atoms with van der Waals surface area (Å²) in [5.74, 6) is 0.922. The highest BCUT2D eigenvalue weighted by Gasteiger charge is 2.26. The normalized spacial score (nSPS) is 22.2. The van der Waals surface area contributed by atoms with Gasteiger partial charge in [-0.25, -0.2) is 0 Å². The third kappa shape index (κ3) is 4.05. The van der Waals surface area contributed by atoms with Crippen molar-refractivity contribution in [2.45, 2.75) is 31.7 Å². The van der Waals surface area contributed by atoms with Gasteiger partial charge in [-0.3, -0.25) is 4.90 Å². The van der Waals surface area contributed by atoms with E-state index in [1.165, 1.54) is 25.7 Å². The van der Waals surface area contributed by atoms with Crippen molar-refractivity contribution in [2.75, 3.05) is 44.3 Å². The summed E-state index contributed by atoms with van der Waals surface area (Å²) in [7, 11) is 0. The molecule has 25 heavy (non-hydrogen) atoms. The van der Waals surface area contributed by atoms with Crippen LogP contribution >= 0.6 is 0 Å². The molecular formula is C20H27N3O2. The molecule has 2 aliphatic heterocycles. The molecule has 4 rings (SSSR count). The molecule has 134 valence electrons. The fraction of sp³-hybridized carbons (Fsp3) is 0.550. The van der Waals surface area contributed by atoms with Crippen LogP contribution in [0.4, 0.5) is 5.88 Å². The molecule has 1 aromatic carbocycles. The first-order valence-corrected chi connectivity index (χ1v) is 9.49. The molecule has 3 heterocycles. The van der Waals surface area contributed by atoms with Gasteiger partial charge in [-0.05, 0) is 25.7 Å². The first kappa shape index (κ1) is 16.6. The van der Waals surface area contributed by atoms with Crippen molar-refractivity contribution in [1.82, 2.24) is 10.1 Å². The molecule has 1 atom stereocenters. The third-order valence-corrected chi connectivity index (χ3v) is 5.36. The fourth-order valence-electron chi connectivity index (χ4n) is 3.89. The Kier molecular flexibility index (Phi) is 5.33. The summed E-state index contributed by atoms with van der Waals surface area (Å²) in [5.41, 5.74) is 2.03. The molecule has 5 heteroatoms. The average molecular weight is 341 g/mol. The van der Waals surface area contributed by atoms with Gasteiger partial charge in [0.1, 0.15) is 5.69 Å². The molecule has 2 aromatic rings. The third-order valence-electron chi connectivity index (χ3n) is 5.36. The fourth-order valence-corrected chi connectivity index (χ4v) is 3.89. The molecule has 0 radical (unpaired) electrons. The Morgan fingerprint density at radius 2 is 1.88 bits per heavy atom. The molecule has 0 spiro atoms. The molecule has 0 aliphatic carbocycles. The molecule has 2 saturated heterocycles. The monoisotopic (exact) mass is 341 g/mol. The predicted molar refractivity (Wildman–Crippen MR) is 98.8 cm³/mol. The lowest BCUT2D eigenvalue weighted by molar-refractivity contribution is 0.0362. The van der Waals surface area contributed by atoms with Crippen LogP contribution in [-0.2, 0) is 4.74 Å². The Morgan fingerprint density at radius 1 is 1.04 bits per heavy atom. The topological polar surface area (TPSA) is 41.7 Å². The van der Waals surface area contributed by atoms with Crippen molar-refractivity contribution in [3.8, 4) is 11.3 Å². The van der Waals surface area contributed by atoms with Gasteiger partial charge >= 0.3 is 0 Å². The van der Waals surface area contributed by atoms with E-state index >= 15 is 0 Å². The molecule has 0 N–H and O–H groups in total. The molecule has 5 nitrogen and oxygen atoms in total. The Bertz CT molecular complexity index is 652. The number of hydrogen-bond donors (Lipinski definition) is 0. The summed E-state index contributed by atoms with van der Waals surface area (Å²) in [6.07, 6.45) is 4.96. The highest BCUT2D eigenvalue weighted by Crippen LogP contribution is 2.30. The Hall–Kier alpha value is -1.85. The van der Waals surface area contributed by atoms with E-state index in [1.807, 2.05) is 18.2 Å². The van der Waals surface area contributed by atoms with E-state index in [2.05, 4.69) is 33.2 Å². The van der Waals surface area contributed by atoms with Crippen molar-refractivity contribution in [3.05, 3.63) is 36.4 Å². The van der Waals surface area contributed by atoms with E-state index in [0.29, 0.717) is 6.04 Å². The second-order valence-corrected chi connectivity index (χ2v) is 7.00. The van der Waals surface area contributed by atoms with Crippen LogP contribution in [0.2, 0.25) is 0 Å². The minimum absolute atomic E-state index is 0.549. The minimum atomic E-state index is 0.549. The molecule has 0 saturated carbocycles. The van der Waals surface area contributed by atoms with E-state index in [-0.39, 0.29) is 0 Å². The van der Waals surface area contributed by atoms with Crippen molar-refractivity contribution < 1.29 is 9.26 Å². The number of morpholine rings is 1. The lowest BCUT2D eigenvalue weighted by atomic mass is 9.99. The van der Waals surface area contributed by atoms with Gasteiger partial charge in [0.25, 0.3) is 0 Å². The summed E-state index contributed by atoms with van der Waals surface area (Å²) >= 11 is 0. The first-order valence-electron chi connectivity index (χ1n) is 9.49. The maximum atomic E-state index is 5.72. The molecule has 0 amide bonds. The van der Waals surface area contributed by atoms with Crippen LogP contribution < -0.4 is 4.90 Å². The lowest BCUT2D eigenvalue weighted by Crippen LogP contribution is -2.43. The number of nitrogens with zero attached hydrogens (tertiary/aromatic N) is 3. The molecule has 1 aromatic heterocycles. The van der Waals surface area contributed by atoms with Gasteiger partial charge in [0, 0.05) is 43.9 Å². The van der Waals surface area contributed by atoms with Crippen LogP contribution in [0.25, 0.3) is 11.3 Å². The summed E-state index contributed by atoms with van der Waals surface area (Å²) in [6, 6.07) is 12.9. The minimum Gasteiger partial charge on any atom is -0.379 e. The zero-order valence-electron chi connectivity index (χ0n) is 14.8. The van der Waals surface area contributed by atoms with E-state index in [1.54, 1.807) is 0 Å². The zero-order valence-corrected chi connectivity index (χ0v) is 14.8. The number of hydrogen-bond acceptors (Lipinski definition) is 5. The quantitative estimate of drug-likeness (QED) is 0.833. The number of aromatic nitrogens is 1. The van der Waals surface area contributed by atoms with Crippen LogP contribution in [0, 0.1) is 0 Å². The van der Waals surface area contributed by atoms with Gasteiger partial charge < -0.3 is 14.2 Å². The number of ether oxygens (including phenoxy) is 1. The Labute approximate surface area is 149 Å². The summed E-state index contributed by atoms with van der Waals surface area (Å²) in [4.78, 5) is 4.95. The maximum Gasteiger partial charge on any atom is 0.228 e. The van der Waals surface area contributed by atoms with Gasteiger partial charge in [-0.2, -0.15) is 0 Å². The van der Waals surface area contributed by atoms with Crippen molar-refractivity contribution in [3.63, 3.8) is 0 Å². The second kappa shape index (κ2) is 8.02. The molecular weight excluding hydrogens is 314 g/mol. The zero-order chi connectivity index (χ0) is 16.9. The number of piperidine rings is 1. The molecule has 1 unspecified atom stereocenters. The van der Waals surface area contributed by atoms with Gasteiger partial charge in [0.05, 0.1) is 13.2 Å². The van der Waals surface area contributed by atoms with Crippen LogP contribution in [0.3, 0.4) is 0 Å². The van der Waals surface area contributed by atoms with Gasteiger partial charge in [0.15, 0.2) is 0 Å². The summed E-state index contributed by atoms with van der Waals surface area (Å²) in [6.45, 7) is 6.08. The largest absolute Gasteiger partial charge is 0.379 e. The Morgan fingerprint density at radius 3 is 2.72 bits per heavy atom. The lowest BCUT2D eigenvalue weighted by Gasteiger charge is -2.37. The van der Waals surface area contributed by atoms with Crippen LogP contribution in [0.1, 0.15) is 25.7 Å². The van der Waals surface area contributed by atoms with Crippen molar-refractivity contribution in [2.24, 2.45) is 0 Å². The second-order valence-electron chi connectivity index (χ2n) is 7.00. The van der Waals surface area contributed by atoms with Crippen molar-refractivity contribution >= 4 is 5.88 Å². The van der Waals surface area contributed by atoms with E-state index in [9.17, 15) is 0 Å². The van der Waals surface area contributed by atoms with Gasteiger partial charge in [-0.1, -0.05) is 35.5 Å². The van der Waals surface area contributed by atoms with Gasteiger partial charge in [-0.15, -0.1) is 0 Å². The van der Waals surface area contributed by atoms with Crippen molar-refractivity contribution in [1.29, 1.82) is 0 Å². The highest BCUT2D eigenvalue weighted by atomic mass is 16.5. The smallest absolute Gasteiger partial charge is 0.228 e. The SMILES string of the molecule is c1ccc(-c2cc(N3CCCCC3CCN3CCOCC3)on2)cc1. The first-order chi connectivity index (χ1) is 12.4. The standard InChI is InChI=1S/C20H27N3O2/c1-2-6-17(7-3-1)19-16-20(25-21-19)23-10-5-4-8-18(23)9-11-22-12-14-24-15-13-22/h1-3,6-7,16,18H,4-5,8-15H2. The number of benzene rings is 1. The number of anilines is 1. The summed E-state index contributed by atoms with van der Waals surface area (Å²) in [5, 5.41) is 4.30. The average Bonchev–Trinajstić information content (AvgIpc) is 3.18. The van der Waals surface area contributed by atoms with E-state index < -0.39 is 0 Å². The van der Waals surface area contributed by atoms with E-state index in [0.717, 1.165) is 56.5 Å². The van der Waals surface area contributed by atoms with E-state index in [4.69, 9.17) is 9.26 Å². The van der Waals surface area contributed by atoms with Crippen LogP contribution in [0.5, 0.6) is 0 Å². The summed E-state index contributed by atoms with van der Waals surface area (Å²) < 4.78 is 11.2. The highest BCUT2D eigenvalue weighted by molar-refractivity contribution is 5.62. The predicted octanol–water partition coefficient (Wildman–Crippen LogP) is 3.42. The molecule has 0 bridgehead atoms. The number of rotatable bonds is 5. The molecule has 2 fully saturated rings. The Balaban J connectivity index is 1.43.